The second-order valence-corrected chi connectivity index (χ2v) is 10.2. The fourth-order valence-corrected chi connectivity index (χ4v) is 4.38. The van der Waals surface area contributed by atoms with Gasteiger partial charge in [-0.05, 0) is 32.0 Å². The smallest absolute Gasteiger partial charge is 0.333 e. The van der Waals surface area contributed by atoms with Crippen molar-refractivity contribution in [1.82, 2.24) is 0 Å². The zero-order valence-corrected chi connectivity index (χ0v) is 15.8. The van der Waals surface area contributed by atoms with Gasteiger partial charge in [-0.25, -0.2) is 9.59 Å². The van der Waals surface area contributed by atoms with E-state index in [2.05, 4.69) is 33.9 Å². The molecule has 0 atom stereocenters. The lowest BCUT2D eigenvalue weighted by Gasteiger charge is -2.32. The third kappa shape index (κ3) is 7.61. The number of carbonyl (C=O) groups excluding carboxylic acids is 2. The Balaban J connectivity index is 4.90. The predicted molar refractivity (Wildman–Crippen MR) is 93.3 cm³/mol. The number of hydrogen-bond acceptors (Lipinski definition) is 5. The van der Waals surface area contributed by atoms with Gasteiger partial charge in [0.2, 0.25) is 0 Å². The quantitative estimate of drug-likeness (QED) is 0.327. The molecule has 0 rings (SSSR count). The number of ether oxygens (including phenoxy) is 2. The average molecular weight is 342 g/mol. The van der Waals surface area contributed by atoms with Crippen molar-refractivity contribution < 1.29 is 23.5 Å². The summed E-state index contributed by atoms with van der Waals surface area (Å²) < 4.78 is 16.5. The van der Waals surface area contributed by atoms with Crippen molar-refractivity contribution in [2.75, 3.05) is 13.2 Å². The van der Waals surface area contributed by atoms with Gasteiger partial charge in [0.05, 0.1) is 0 Å². The molecule has 6 heteroatoms. The van der Waals surface area contributed by atoms with Crippen LogP contribution in [0.4, 0.5) is 0 Å². The molecule has 1 radical (unpaired) electrons. The molecule has 0 amide bonds. The molecule has 5 nitrogen and oxygen atoms in total. The first-order valence-electron chi connectivity index (χ1n) is 7.83. The molecule has 0 fully saturated rings. The Bertz CT molecular complexity index is 402. The molecule has 0 aromatic heterocycles. The van der Waals surface area contributed by atoms with Crippen LogP contribution >= 0.6 is 0 Å². The Hall–Kier alpha value is -1.40. The number of esters is 2. The molecule has 0 unspecified atom stereocenters. The minimum Gasteiger partial charge on any atom is -0.459 e. The minimum absolute atomic E-state index is 0.0178. The molecule has 0 bridgehead atoms. The molecule has 0 saturated heterocycles. The van der Waals surface area contributed by atoms with E-state index in [9.17, 15) is 9.59 Å². The highest BCUT2D eigenvalue weighted by Crippen LogP contribution is 2.23. The second-order valence-electron chi connectivity index (χ2n) is 5.64. The number of hydrogen-bond donors (Lipinski definition) is 0. The van der Waals surface area contributed by atoms with Crippen LogP contribution in [0.15, 0.2) is 24.3 Å². The molecule has 0 aliphatic rings. The summed E-state index contributed by atoms with van der Waals surface area (Å²) in [5.74, 6) is -0.973. The van der Waals surface area contributed by atoms with Gasteiger partial charge in [0, 0.05) is 11.1 Å². The van der Waals surface area contributed by atoms with Gasteiger partial charge in [-0.15, -0.1) is 0 Å². The summed E-state index contributed by atoms with van der Waals surface area (Å²) in [5.41, 5.74) is 0.628. The van der Waals surface area contributed by atoms with Crippen molar-refractivity contribution in [1.29, 1.82) is 0 Å². The van der Waals surface area contributed by atoms with Crippen molar-refractivity contribution in [2.45, 2.75) is 51.9 Å². The van der Waals surface area contributed by atoms with E-state index in [0.717, 1.165) is 12.1 Å². The standard InChI is InChI=1S/C17H29O5Si/c1-8-23(9-2,10-3)22-15(11-20-16(18)13(4)5)12-21-17(19)14(6)7/h15H,1,4,6,8-12H2,2-3,5,7H3. The van der Waals surface area contributed by atoms with Gasteiger partial charge in [-0.1, -0.05) is 33.9 Å². The van der Waals surface area contributed by atoms with Crippen LogP contribution in [0.3, 0.4) is 0 Å². The molecule has 0 heterocycles. The van der Waals surface area contributed by atoms with Crippen molar-refractivity contribution in [3.05, 3.63) is 31.2 Å². The van der Waals surface area contributed by atoms with E-state index >= 15 is 0 Å². The lowest BCUT2D eigenvalue weighted by Crippen LogP contribution is -2.43. The Morgan fingerprint density at radius 2 is 1.35 bits per heavy atom. The van der Waals surface area contributed by atoms with Crippen LogP contribution in [0.1, 0.15) is 27.7 Å². The van der Waals surface area contributed by atoms with Gasteiger partial charge >= 0.3 is 11.9 Å². The molecule has 0 spiro atoms. The zero-order valence-electron chi connectivity index (χ0n) is 14.8. The molecule has 0 aromatic rings. The normalized spacial score (nSPS) is 11.2. The van der Waals surface area contributed by atoms with E-state index in [-0.39, 0.29) is 13.2 Å². The van der Waals surface area contributed by atoms with Crippen LogP contribution < -0.4 is 0 Å². The molecule has 0 aliphatic heterocycles. The van der Waals surface area contributed by atoms with Gasteiger partial charge in [0.15, 0.2) is 8.32 Å². The Morgan fingerprint density at radius 1 is 0.957 bits per heavy atom. The highest BCUT2D eigenvalue weighted by molar-refractivity contribution is 6.73. The van der Waals surface area contributed by atoms with E-state index in [1.165, 1.54) is 0 Å². The van der Waals surface area contributed by atoms with Crippen molar-refractivity contribution in [3.63, 3.8) is 0 Å². The first kappa shape index (κ1) is 21.6. The Kier molecular flexibility index (Phi) is 9.75. The van der Waals surface area contributed by atoms with Crippen molar-refractivity contribution >= 4 is 20.3 Å². The van der Waals surface area contributed by atoms with Crippen LogP contribution in [-0.2, 0) is 23.5 Å². The summed E-state index contributed by atoms with van der Waals surface area (Å²) >= 11 is 0. The summed E-state index contributed by atoms with van der Waals surface area (Å²) in [6.07, 6.45) is -0.505. The van der Waals surface area contributed by atoms with Crippen molar-refractivity contribution in [2.24, 2.45) is 0 Å². The molecule has 0 aliphatic carbocycles. The Morgan fingerprint density at radius 3 is 1.61 bits per heavy atom. The molecule has 131 valence electrons. The van der Waals surface area contributed by atoms with Gasteiger partial charge in [0.25, 0.3) is 0 Å². The van der Waals surface area contributed by atoms with Crippen molar-refractivity contribution in [3.8, 4) is 0 Å². The average Bonchev–Trinajstić information content (AvgIpc) is 2.53. The minimum atomic E-state index is -2.02. The van der Waals surface area contributed by atoms with Crippen LogP contribution in [0, 0.1) is 6.92 Å². The van der Waals surface area contributed by atoms with Gasteiger partial charge in [-0.3, -0.25) is 0 Å². The monoisotopic (exact) mass is 341 g/mol. The molecule has 0 aromatic carbocycles. The third-order valence-electron chi connectivity index (χ3n) is 3.66. The lowest BCUT2D eigenvalue weighted by molar-refractivity contribution is -0.146. The maximum atomic E-state index is 11.6. The van der Waals surface area contributed by atoms with E-state index in [4.69, 9.17) is 13.9 Å². The first-order chi connectivity index (χ1) is 10.7. The summed E-state index contributed by atoms with van der Waals surface area (Å²) in [5, 5.41) is 0. The van der Waals surface area contributed by atoms with Gasteiger partial charge in [-0.2, -0.15) is 0 Å². The van der Waals surface area contributed by atoms with Crippen LogP contribution in [0.5, 0.6) is 0 Å². The number of rotatable bonds is 11. The summed E-state index contributed by atoms with van der Waals surface area (Å²) in [6.45, 7) is 18.4. The third-order valence-corrected chi connectivity index (χ3v) is 7.98. The zero-order chi connectivity index (χ0) is 18.0. The summed E-state index contributed by atoms with van der Waals surface area (Å²) in [4.78, 5) is 23.1. The summed E-state index contributed by atoms with van der Waals surface area (Å²) in [6, 6.07) is 2.50. The molecule has 0 N–H and O–H groups in total. The van der Waals surface area contributed by atoms with Crippen LogP contribution in [0.2, 0.25) is 18.1 Å². The first-order valence-corrected chi connectivity index (χ1v) is 10.4. The highest BCUT2D eigenvalue weighted by atomic mass is 28.4. The molecular weight excluding hydrogens is 312 g/mol. The maximum absolute atomic E-state index is 11.6. The van der Waals surface area contributed by atoms with Crippen LogP contribution in [0.25, 0.3) is 0 Å². The largest absolute Gasteiger partial charge is 0.459 e. The van der Waals surface area contributed by atoms with Gasteiger partial charge in [0.1, 0.15) is 19.3 Å². The molecule has 23 heavy (non-hydrogen) atoms. The lowest BCUT2D eigenvalue weighted by atomic mass is 10.3. The van der Waals surface area contributed by atoms with E-state index in [1.807, 2.05) is 0 Å². The summed E-state index contributed by atoms with van der Waals surface area (Å²) in [7, 11) is -2.02. The van der Waals surface area contributed by atoms with Gasteiger partial charge < -0.3 is 13.9 Å². The number of carbonyl (C=O) groups is 2. The van der Waals surface area contributed by atoms with E-state index in [0.29, 0.717) is 17.2 Å². The fourth-order valence-electron chi connectivity index (χ4n) is 1.88. The van der Waals surface area contributed by atoms with Crippen LogP contribution in [-0.4, -0.2) is 39.6 Å². The second kappa shape index (κ2) is 10.4. The Labute approximate surface area is 140 Å². The van der Waals surface area contributed by atoms with E-state index < -0.39 is 26.4 Å². The maximum Gasteiger partial charge on any atom is 0.333 e. The van der Waals surface area contributed by atoms with E-state index in [1.54, 1.807) is 13.8 Å². The molecular formula is C17H29O5Si. The SMILES string of the molecule is [CH2]C[Si](CC)(CC)OC(COC(=O)C(=C)C)COC(=O)C(=C)C. The topological polar surface area (TPSA) is 61.8 Å². The highest BCUT2D eigenvalue weighted by Gasteiger charge is 2.33. The fraction of sp³-hybridized carbons (Fsp3) is 0.588. The predicted octanol–water partition coefficient (Wildman–Crippen LogP) is 3.43. The molecule has 0 saturated carbocycles.